The van der Waals surface area contributed by atoms with Gasteiger partial charge in [-0.25, -0.2) is 4.98 Å². The van der Waals surface area contributed by atoms with E-state index in [1.54, 1.807) is 37.0 Å². The van der Waals surface area contributed by atoms with Gasteiger partial charge in [0.1, 0.15) is 18.0 Å². The van der Waals surface area contributed by atoms with Gasteiger partial charge < -0.3 is 25.3 Å². The number of ether oxygens (including phenoxy) is 1. The number of hydrogen-bond donors (Lipinski definition) is 3. The normalized spacial score (nSPS) is 13.6. The van der Waals surface area contributed by atoms with Gasteiger partial charge in [0.15, 0.2) is 11.5 Å². The van der Waals surface area contributed by atoms with Crippen molar-refractivity contribution in [1.29, 1.82) is 0 Å². The molecule has 1 aromatic carbocycles. The number of nitrogens with zero attached hydrogens (tertiary/aromatic N) is 2. The lowest BCUT2D eigenvalue weighted by molar-refractivity contribution is -0.151. The molecule has 0 fully saturated rings. The highest BCUT2D eigenvalue weighted by molar-refractivity contribution is 5.80. The molecule has 0 amide bonds. The first kappa shape index (κ1) is 15.8. The lowest BCUT2D eigenvalue weighted by Crippen LogP contribution is -2.48. The highest BCUT2D eigenvalue weighted by Gasteiger charge is 2.31. The summed E-state index contributed by atoms with van der Waals surface area (Å²) in [5, 5.41) is 18.8. The quantitative estimate of drug-likeness (QED) is 0.557. The molecule has 1 aromatic heterocycles. The zero-order chi connectivity index (χ0) is 16.3. The Balaban J connectivity index is 2.00. The van der Waals surface area contributed by atoms with Gasteiger partial charge >= 0.3 is 5.97 Å². The van der Waals surface area contributed by atoms with Crippen molar-refractivity contribution in [3.05, 3.63) is 42.0 Å². The molecule has 22 heavy (non-hydrogen) atoms. The summed E-state index contributed by atoms with van der Waals surface area (Å²) in [6.45, 7) is 1.59. The number of esters is 1. The molecule has 0 unspecified atom stereocenters. The van der Waals surface area contributed by atoms with Gasteiger partial charge in [-0.05, 0) is 24.6 Å². The molecule has 0 aliphatic rings. The van der Waals surface area contributed by atoms with E-state index >= 15 is 0 Å². The van der Waals surface area contributed by atoms with E-state index in [1.807, 2.05) is 0 Å². The highest BCUT2D eigenvalue weighted by atomic mass is 16.5. The smallest absolute Gasteiger partial charge is 0.326 e. The minimum absolute atomic E-state index is 0.0376. The van der Waals surface area contributed by atoms with Gasteiger partial charge in [0.2, 0.25) is 0 Å². The average molecular weight is 305 g/mol. The first-order chi connectivity index (χ1) is 10.3. The van der Waals surface area contributed by atoms with Gasteiger partial charge in [0.25, 0.3) is 0 Å². The number of aryl methyl sites for hydroxylation is 1. The predicted octanol–water partition coefficient (Wildman–Crippen LogP) is 0.835. The summed E-state index contributed by atoms with van der Waals surface area (Å²) in [6, 6.07) is 4.30. The summed E-state index contributed by atoms with van der Waals surface area (Å²) in [5.74, 6) is -0.427. The number of aromatic nitrogens is 2. The molecule has 0 radical (unpaired) electrons. The van der Waals surface area contributed by atoms with E-state index in [4.69, 9.17) is 10.5 Å². The van der Waals surface area contributed by atoms with E-state index in [9.17, 15) is 15.0 Å². The van der Waals surface area contributed by atoms with Crippen molar-refractivity contribution in [2.75, 3.05) is 0 Å². The van der Waals surface area contributed by atoms with Crippen LogP contribution in [0.3, 0.4) is 0 Å². The Morgan fingerprint density at radius 2 is 2.14 bits per heavy atom. The van der Waals surface area contributed by atoms with Crippen molar-refractivity contribution in [3.63, 3.8) is 0 Å². The number of rotatable bonds is 5. The third-order valence-corrected chi connectivity index (χ3v) is 3.33. The summed E-state index contributed by atoms with van der Waals surface area (Å²) in [5.41, 5.74) is 5.38. The van der Waals surface area contributed by atoms with Crippen molar-refractivity contribution >= 4 is 5.97 Å². The molecular formula is C15H19N3O4. The Hall–Kier alpha value is -2.54. The molecule has 7 nitrogen and oxygen atoms in total. The number of nitrogens with two attached hydrogens (primary N) is 1. The molecule has 7 heteroatoms. The van der Waals surface area contributed by atoms with Crippen molar-refractivity contribution in [2.24, 2.45) is 12.8 Å². The first-order valence-electron chi connectivity index (χ1n) is 6.73. The Labute approximate surface area is 128 Å². The lowest BCUT2D eigenvalue weighted by Gasteiger charge is -2.22. The molecule has 0 bridgehead atoms. The maximum atomic E-state index is 12.1. The second kappa shape index (κ2) is 6.07. The maximum absolute atomic E-state index is 12.1. The Kier molecular flexibility index (Phi) is 4.37. The van der Waals surface area contributed by atoms with Crippen LogP contribution in [0.1, 0.15) is 18.3 Å². The van der Waals surface area contributed by atoms with Crippen LogP contribution in [-0.2, 0) is 29.6 Å². The third-order valence-electron chi connectivity index (χ3n) is 3.33. The zero-order valence-corrected chi connectivity index (χ0v) is 12.5. The number of phenolic OH excluding ortho intramolecular Hbond substituents is 2. The molecule has 4 N–H and O–H groups in total. The minimum Gasteiger partial charge on any atom is -0.504 e. The molecule has 1 atom stereocenters. The fourth-order valence-corrected chi connectivity index (χ4v) is 2.01. The van der Waals surface area contributed by atoms with Crippen LogP contribution >= 0.6 is 0 Å². The third kappa shape index (κ3) is 3.56. The van der Waals surface area contributed by atoms with Crippen LogP contribution in [0, 0.1) is 0 Å². The number of phenols is 2. The number of benzene rings is 1. The van der Waals surface area contributed by atoms with E-state index < -0.39 is 11.5 Å². The fourth-order valence-electron chi connectivity index (χ4n) is 2.01. The maximum Gasteiger partial charge on any atom is 0.326 e. The second-order valence-electron chi connectivity index (χ2n) is 5.45. The SMILES string of the molecule is Cn1ccnc1COC(=O)[C@@](C)(N)Cc1ccc(O)c(O)c1. The molecule has 0 saturated heterocycles. The molecule has 1 heterocycles. The largest absolute Gasteiger partial charge is 0.504 e. The summed E-state index contributed by atoms with van der Waals surface area (Å²) in [6.07, 6.45) is 3.54. The fraction of sp³-hybridized carbons (Fsp3) is 0.333. The molecule has 0 aliphatic heterocycles. The van der Waals surface area contributed by atoms with E-state index in [0.717, 1.165) is 0 Å². The monoisotopic (exact) mass is 305 g/mol. The minimum atomic E-state index is -1.26. The first-order valence-corrected chi connectivity index (χ1v) is 6.73. The predicted molar refractivity (Wildman–Crippen MR) is 79.1 cm³/mol. The zero-order valence-electron chi connectivity index (χ0n) is 12.5. The summed E-state index contributed by atoms with van der Waals surface area (Å²) >= 11 is 0. The number of carbonyl (C=O) groups is 1. The summed E-state index contributed by atoms with van der Waals surface area (Å²) < 4.78 is 6.95. The average Bonchev–Trinajstić information content (AvgIpc) is 2.85. The van der Waals surface area contributed by atoms with Crippen LogP contribution in [0.5, 0.6) is 11.5 Å². The van der Waals surface area contributed by atoms with Crippen molar-refractivity contribution in [2.45, 2.75) is 25.5 Å². The number of aromatic hydroxyl groups is 2. The number of carbonyl (C=O) groups excluding carboxylic acids is 1. The molecule has 0 spiro atoms. The Morgan fingerprint density at radius 1 is 1.41 bits per heavy atom. The molecule has 118 valence electrons. The summed E-state index contributed by atoms with van der Waals surface area (Å²) in [4.78, 5) is 16.2. The van der Waals surface area contributed by atoms with Gasteiger partial charge in [-0.2, -0.15) is 0 Å². The number of imidazole rings is 1. The molecule has 2 rings (SSSR count). The van der Waals surface area contributed by atoms with Crippen LogP contribution in [0.2, 0.25) is 0 Å². The van der Waals surface area contributed by atoms with Gasteiger partial charge in [-0.3, -0.25) is 4.79 Å². The van der Waals surface area contributed by atoms with Crippen LogP contribution in [0.15, 0.2) is 30.6 Å². The van der Waals surface area contributed by atoms with E-state index in [0.29, 0.717) is 11.4 Å². The van der Waals surface area contributed by atoms with E-state index in [2.05, 4.69) is 4.98 Å². The molecule has 0 aliphatic carbocycles. The Morgan fingerprint density at radius 3 is 2.73 bits per heavy atom. The van der Waals surface area contributed by atoms with Crippen LogP contribution in [0.4, 0.5) is 0 Å². The van der Waals surface area contributed by atoms with Crippen molar-refractivity contribution in [3.8, 4) is 11.5 Å². The van der Waals surface area contributed by atoms with Crippen molar-refractivity contribution < 1.29 is 19.7 Å². The van der Waals surface area contributed by atoms with Gasteiger partial charge in [0, 0.05) is 25.9 Å². The van der Waals surface area contributed by atoms with Gasteiger partial charge in [-0.15, -0.1) is 0 Å². The standard InChI is InChI=1S/C15H19N3O4/c1-15(16,8-10-3-4-11(19)12(20)7-10)14(21)22-9-13-17-5-6-18(13)2/h3-7,19-20H,8-9,16H2,1-2H3/t15-/m0/s1. The lowest BCUT2D eigenvalue weighted by atomic mass is 9.94. The molecule has 0 saturated carbocycles. The highest BCUT2D eigenvalue weighted by Crippen LogP contribution is 2.26. The topological polar surface area (TPSA) is 111 Å². The van der Waals surface area contributed by atoms with Crippen LogP contribution in [-0.4, -0.2) is 31.3 Å². The molecule has 2 aromatic rings. The van der Waals surface area contributed by atoms with Crippen molar-refractivity contribution in [1.82, 2.24) is 9.55 Å². The van der Waals surface area contributed by atoms with E-state index in [1.165, 1.54) is 12.1 Å². The number of hydrogen-bond acceptors (Lipinski definition) is 6. The van der Waals surface area contributed by atoms with Gasteiger partial charge in [0.05, 0.1) is 0 Å². The molecular weight excluding hydrogens is 286 g/mol. The second-order valence-corrected chi connectivity index (χ2v) is 5.45. The van der Waals surface area contributed by atoms with Crippen LogP contribution < -0.4 is 5.73 Å². The Bertz CT molecular complexity index is 679. The summed E-state index contributed by atoms with van der Waals surface area (Å²) in [7, 11) is 1.80. The van der Waals surface area contributed by atoms with E-state index in [-0.39, 0.29) is 24.5 Å². The van der Waals surface area contributed by atoms with Crippen LogP contribution in [0.25, 0.3) is 0 Å². The van der Waals surface area contributed by atoms with Gasteiger partial charge in [-0.1, -0.05) is 6.07 Å².